The molecule has 0 unspecified atom stereocenters. The van der Waals surface area contributed by atoms with Gasteiger partial charge in [0, 0.05) is 32.0 Å². The Morgan fingerprint density at radius 3 is 2.54 bits per heavy atom. The molecule has 126 valence electrons. The maximum Gasteiger partial charge on any atom is 0.272 e. The van der Waals surface area contributed by atoms with Crippen LogP contribution in [0.2, 0.25) is 0 Å². The van der Waals surface area contributed by atoms with Crippen LogP contribution >= 0.6 is 0 Å². The SMILES string of the molecule is CC(C)Nc1nccc(N)c1C(=N)c1cc(C(=O)N(C)C)ncn1. The van der Waals surface area contributed by atoms with Gasteiger partial charge in [-0.3, -0.25) is 10.2 Å². The summed E-state index contributed by atoms with van der Waals surface area (Å²) in [6.45, 7) is 3.94. The van der Waals surface area contributed by atoms with E-state index in [1.165, 1.54) is 17.3 Å². The molecule has 0 bridgehead atoms. The zero-order valence-corrected chi connectivity index (χ0v) is 14.2. The van der Waals surface area contributed by atoms with E-state index in [4.69, 9.17) is 11.1 Å². The first-order chi connectivity index (χ1) is 11.3. The Hall–Kier alpha value is -3.03. The molecule has 0 radical (unpaired) electrons. The van der Waals surface area contributed by atoms with Crippen molar-refractivity contribution in [1.82, 2.24) is 19.9 Å². The van der Waals surface area contributed by atoms with Crippen molar-refractivity contribution in [2.75, 3.05) is 25.1 Å². The third kappa shape index (κ3) is 3.65. The molecule has 2 aromatic heterocycles. The summed E-state index contributed by atoms with van der Waals surface area (Å²) < 4.78 is 0. The fraction of sp³-hybridized carbons (Fsp3) is 0.312. The highest BCUT2D eigenvalue weighted by atomic mass is 16.2. The van der Waals surface area contributed by atoms with Crippen molar-refractivity contribution in [2.24, 2.45) is 0 Å². The van der Waals surface area contributed by atoms with Crippen LogP contribution in [0.15, 0.2) is 24.7 Å². The van der Waals surface area contributed by atoms with E-state index in [1.807, 2.05) is 13.8 Å². The molecule has 0 fully saturated rings. The first-order valence-electron chi connectivity index (χ1n) is 7.45. The second-order valence-corrected chi connectivity index (χ2v) is 5.79. The van der Waals surface area contributed by atoms with Gasteiger partial charge in [-0.05, 0) is 26.0 Å². The molecule has 2 aromatic rings. The summed E-state index contributed by atoms with van der Waals surface area (Å²) in [7, 11) is 3.28. The van der Waals surface area contributed by atoms with E-state index in [1.54, 1.807) is 26.4 Å². The second-order valence-electron chi connectivity index (χ2n) is 5.79. The molecule has 2 heterocycles. The Kier molecular flexibility index (Phi) is 5.08. The fourth-order valence-electron chi connectivity index (χ4n) is 2.09. The second kappa shape index (κ2) is 7.03. The van der Waals surface area contributed by atoms with Gasteiger partial charge in [0.05, 0.1) is 17.0 Å². The number of hydrogen-bond donors (Lipinski definition) is 3. The molecule has 8 heteroatoms. The van der Waals surface area contributed by atoms with E-state index in [-0.39, 0.29) is 23.4 Å². The molecule has 0 saturated carbocycles. The molecule has 0 spiro atoms. The van der Waals surface area contributed by atoms with Crippen molar-refractivity contribution in [2.45, 2.75) is 19.9 Å². The Bertz CT molecular complexity index is 771. The lowest BCUT2D eigenvalue weighted by Gasteiger charge is -2.16. The number of nitrogen functional groups attached to an aromatic ring is 1. The fourth-order valence-corrected chi connectivity index (χ4v) is 2.09. The minimum atomic E-state index is -0.258. The zero-order chi connectivity index (χ0) is 17.9. The van der Waals surface area contributed by atoms with Gasteiger partial charge in [0.2, 0.25) is 0 Å². The van der Waals surface area contributed by atoms with Crippen molar-refractivity contribution in [1.29, 1.82) is 5.41 Å². The van der Waals surface area contributed by atoms with E-state index >= 15 is 0 Å². The van der Waals surface area contributed by atoms with Crippen molar-refractivity contribution < 1.29 is 4.79 Å². The van der Waals surface area contributed by atoms with E-state index in [2.05, 4.69) is 20.3 Å². The third-order valence-electron chi connectivity index (χ3n) is 3.21. The number of nitrogens with two attached hydrogens (primary N) is 1. The number of hydrogen-bond acceptors (Lipinski definition) is 7. The van der Waals surface area contributed by atoms with Gasteiger partial charge in [-0.2, -0.15) is 0 Å². The molecule has 0 aliphatic rings. The van der Waals surface area contributed by atoms with Gasteiger partial charge in [-0.15, -0.1) is 0 Å². The van der Waals surface area contributed by atoms with Crippen molar-refractivity contribution >= 4 is 23.1 Å². The zero-order valence-electron chi connectivity index (χ0n) is 14.2. The van der Waals surface area contributed by atoms with Crippen LogP contribution in [0, 0.1) is 5.41 Å². The molecule has 0 aliphatic carbocycles. The van der Waals surface area contributed by atoms with Crippen LogP contribution in [0.5, 0.6) is 0 Å². The van der Waals surface area contributed by atoms with Crippen LogP contribution < -0.4 is 11.1 Å². The Balaban J connectivity index is 2.46. The van der Waals surface area contributed by atoms with Gasteiger partial charge in [0.25, 0.3) is 5.91 Å². The molecule has 8 nitrogen and oxygen atoms in total. The molecule has 24 heavy (non-hydrogen) atoms. The van der Waals surface area contributed by atoms with Crippen molar-refractivity contribution in [3.05, 3.63) is 41.6 Å². The van der Waals surface area contributed by atoms with Crippen LogP contribution in [0.25, 0.3) is 0 Å². The summed E-state index contributed by atoms with van der Waals surface area (Å²) >= 11 is 0. The minimum Gasteiger partial charge on any atom is -0.398 e. The lowest BCUT2D eigenvalue weighted by molar-refractivity contribution is 0.0821. The summed E-state index contributed by atoms with van der Waals surface area (Å²) in [4.78, 5) is 25.8. The van der Waals surface area contributed by atoms with E-state index in [0.717, 1.165) is 0 Å². The number of carbonyl (C=O) groups is 1. The van der Waals surface area contributed by atoms with Gasteiger partial charge >= 0.3 is 0 Å². The Morgan fingerprint density at radius 1 is 1.25 bits per heavy atom. The van der Waals surface area contributed by atoms with Gasteiger partial charge in [-0.1, -0.05) is 0 Å². The lowest BCUT2D eigenvalue weighted by Crippen LogP contribution is -2.23. The lowest BCUT2D eigenvalue weighted by atomic mass is 10.0. The van der Waals surface area contributed by atoms with Gasteiger partial charge in [0.15, 0.2) is 0 Å². The maximum absolute atomic E-state index is 12.1. The highest BCUT2D eigenvalue weighted by Gasteiger charge is 2.19. The van der Waals surface area contributed by atoms with Crippen LogP contribution in [0.3, 0.4) is 0 Å². The predicted molar refractivity (Wildman–Crippen MR) is 93.4 cm³/mol. The van der Waals surface area contributed by atoms with Gasteiger partial charge in [-0.25, -0.2) is 15.0 Å². The number of amides is 1. The molecule has 0 atom stereocenters. The number of pyridine rings is 1. The average molecular weight is 327 g/mol. The molecular weight excluding hydrogens is 306 g/mol. The molecular formula is C16H21N7O. The van der Waals surface area contributed by atoms with E-state index in [0.29, 0.717) is 22.8 Å². The summed E-state index contributed by atoms with van der Waals surface area (Å²) in [5, 5.41) is 11.6. The molecule has 1 amide bonds. The average Bonchev–Trinajstić information content (AvgIpc) is 2.53. The normalized spacial score (nSPS) is 10.5. The smallest absolute Gasteiger partial charge is 0.272 e. The number of nitrogens with zero attached hydrogens (tertiary/aromatic N) is 4. The first kappa shape index (κ1) is 17.3. The highest BCUT2D eigenvalue weighted by Crippen LogP contribution is 2.23. The summed E-state index contributed by atoms with van der Waals surface area (Å²) in [6, 6.07) is 3.24. The Morgan fingerprint density at radius 2 is 1.92 bits per heavy atom. The molecule has 0 saturated heterocycles. The predicted octanol–water partition coefficient (Wildman–Crippen LogP) is 1.39. The number of nitrogens with one attached hydrogen (secondary N) is 2. The summed E-state index contributed by atoms with van der Waals surface area (Å²) in [6.07, 6.45) is 2.85. The number of rotatable bonds is 5. The van der Waals surface area contributed by atoms with Crippen molar-refractivity contribution in [3.8, 4) is 0 Å². The van der Waals surface area contributed by atoms with Crippen LogP contribution in [-0.2, 0) is 0 Å². The topological polar surface area (TPSA) is 121 Å². The third-order valence-corrected chi connectivity index (χ3v) is 3.21. The Labute approximate surface area is 140 Å². The molecule has 4 N–H and O–H groups in total. The molecule has 0 aromatic carbocycles. The van der Waals surface area contributed by atoms with Crippen LogP contribution in [-0.4, -0.2) is 51.6 Å². The summed E-state index contributed by atoms with van der Waals surface area (Å²) in [5.74, 6) is 0.250. The largest absolute Gasteiger partial charge is 0.398 e. The monoisotopic (exact) mass is 327 g/mol. The van der Waals surface area contributed by atoms with Gasteiger partial charge in [0.1, 0.15) is 17.8 Å². The van der Waals surface area contributed by atoms with E-state index in [9.17, 15) is 4.79 Å². The van der Waals surface area contributed by atoms with Crippen LogP contribution in [0.4, 0.5) is 11.5 Å². The quantitative estimate of drug-likeness (QED) is 0.714. The minimum absolute atomic E-state index is 0.0824. The number of aromatic nitrogens is 3. The highest BCUT2D eigenvalue weighted by molar-refractivity contribution is 6.16. The molecule has 0 aliphatic heterocycles. The van der Waals surface area contributed by atoms with Gasteiger partial charge < -0.3 is 16.0 Å². The number of carbonyl (C=O) groups excluding carboxylic acids is 1. The van der Waals surface area contributed by atoms with Crippen molar-refractivity contribution in [3.63, 3.8) is 0 Å². The van der Waals surface area contributed by atoms with Crippen LogP contribution in [0.1, 0.15) is 35.6 Å². The molecule has 2 rings (SSSR count). The summed E-state index contributed by atoms with van der Waals surface area (Å²) in [5.41, 5.74) is 7.52. The maximum atomic E-state index is 12.1. The first-order valence-corrected chi connectivity index (χ1v) is 7.45. The standard InChI is InChI=1S/C16H21N7O/c1-9(2)22-15-13(10(17)5-6-19-15)14(18)11-7-12(21-8-20-11)16(24)23(3)4/h5-9,18H,1-4H3,(H3,17,19,22). The number of anilines is 2. The van der Waals surface area contributed by atoms with E-state index < -0.39 is 0 Å².